The smallest absolute Gasteiger partial charge is 0.377 e. The van der Waals surface area contributed by atoms with Crippen molar-refractivity contribution >= 4 is 11.6 Å². The highest BCUT2D eigenvalue weighted by Gasteiger charge is 2.31. The van der Waals surface area contributed by atoms with Gasteiger partial charge in [0.1, 0.15) is 24.8 Å². The molecule has 0 saturated carbocycles. The topological polar surface area (TPSA) is 50.3 Å². The third-order valence-electron chi connectivity index (χ3n) is 2.48. The summed E-state index contributed by atoms with van der Waals surface area (Å²) in [7, 11) is 3.13. The maximum Gasteiger partial charge on any atom is 0.405 e. The van der Waals surface area contributed by atoms with Crippen LogP contribution >= 0.6 is 0 Å². The van der Waals surface area contributed by atoms with Crippen LogP contribution in [-0.2, 0) is 11.3 Å². The van der Waals surface area contributed by atoms with E-state index in [9.17, 15) is 13.2 Å². The van der Waals surface area contributed by atoms with Crippen LogP contribution in [-0.4, -0.2) is 43.4 Å². The molecule has 114 valence electrons. The maximum absolute atomic E-state index is 12.6. The van der Waals surface area contributed by atoms with Gasteiger partial charge in [-0.2, -0.15) is 13.2 Å². The number of hydrogen-bond acceptors (Lipinski definition) is 5. The van der Waals surface area contributed by atoms with Gasteiger partial charge in [-0.1, -0.05) is 6.92 Å². The van der Waals surface area contributed by atoms with Gasteiger partial charge in [0.15, 0.2) is 5.82 Å². The van der Waals surface area contributed by atoms with Gasteiger partial charge in [-0.3, -0.25) is 0 Å². The molecule has 8 heteroatoms. The molecule has 0 aliphatic heterocycles. The Morgan fingerprint density at radius 2 is 2.05 bits per heavy atom. The summed E-state index contributed by atoms with van der Waals surface area (Å²) < 4.78 is 42.8. The van der Waals surface area contributed by atoms with E-state index in [1.165, 1.54) is 18.1 Å². The molecule has 0 fully saturated rings. The fraction of sp³-hybridized carbons (Fsp3) is 0.667. The Hall–Kier alpha value is -1.57. The van der Waals surface area contributed by atoms with E-state index in [4.69, 9.17) is 4.74 Å². The third kappa shape index (κ3) is 5.20. The van der Waals surface area contributed by atoms with Crippen LogP contribution < -0.4 is 10.2 Å². The highest BCUT2D eigenvalue weighted by atomic mass is 19.4. The molecular weight excluding hydrogens is 273 g/mol. The van der Waals surface area contributed by atoms with E-state index < -0.39 is 12.7 Å². The van der Waals surface area contributed by atoms with Crippen molar-refractivity contribution in [3.8, 4) is 0 Å². The monoisotopic (exact) mass is 292 g/mol. The van der Waals surface area contributed by atoms with Crippen LogP contribution in [0.1, 0.15) is 19.2 Å². The number of halogens is 3. The lowest BCUT2D eigenvalue weighted by Gasteiger charge is -2.25. The number of nitrogens with zero attached hydrogens (tertiary/aromatic N) is 3. The molecule has 0 atom stereocenters. The quantitative estimate of drug-likeness (QED) is 0.836. The van der Waals surface area contributed by atoms with E-state index in [2.05, 4.69) is 15.3 Å². The normalized spacial score (nSPS) is 11.5. The second kappa shape index (κ2) is 7.28. The summed E-state index contributed by atoms with van der Waals surface area (Å²) in [5.41, 5.74) is 0. The standard InChI is InChI=1S/C12H19F3N4O/c1-4-5-19(8-12(13,14)15)11-6-9(16-2)17-10(18-11)7-20-3/h6H,4-5,7-8H2,1-3H3,(H,16,17,18). The Morgan fingerprint density at radius 3 is 2.55 bits per heavy atom. The SMILES string of the molecule is CCCN(CC(F)(F)F)c1cc(NC)nc(COC)n1. The molecule has 1 N–H and O–H groups in total. The number of anilines is 2. The number of rotatable bonds is 7. The molecule has 0 spiro atoms. The molecule has 1 heterocycles. The summed E-state index contributed by atoms with van der Waals surface area (Å²) in [4.78, 5) is 9.45. The predicted octanol–water partition coefficient (Wildman–Crippen LogP) is 2.44. The predicted molar refractivity (Wildman–Crippen MR) is 70.9 cm³/mol. The van der Waals surface area contributed by atoms with Crippen LogP contribution in [0.2, 0.25) is 0 Å². The Labute approximate surface area is 116 Å². The van der Waals surface area contributed by atoms with E-state index in [-0.39, 0.29) is 19.0 Å². The molecule has 0 saturated heterocycles. The van der Waals surface area contributed by atoms with E-state index >= 15 is 0 Å². The zero-order valence-corrected chi connectivity index (χ0v) is 11.8. The third-order valence-corrected chi connectivity index (χ3v) is 2.48. The molecule has 0 radical (unpaired) electrons. The lowest BCUT2D eigenvalue weighted by Crippen LogP contribution is -2.35. The van der Waals surface area contributed by atoms with Gasteiger partial charge in [0, 0.05) is 26.8 Å². The van der Waals surface area contributed by atoms with Gasteiger partial charge in [0.05, 0.1) is 0 Å². The highest BCUT2D eigenvalue weighted by Crippen LogP contribution is 2.22. The van der Waals surface area contributed by atoms with Crippen molar-refractivity contribution in [3.05, 3.63) is 11.9 Å². The molecule has 0 aliphatic rings. The molecular formula is C12H19F3N4O. The molecule has 0 aliphatic carbocycles. The average Bonchev–Trinajstić information content (AvgIpc) is 2.36. The summed E-state index contributed by atoms with van der Waals surface area (Å²) in [5.74, 6) is 1.05. The number of hydrogen-bond donors (Lipinski definition) is 1. The fourth-order valence-electron chi connectivity index (χ4n) is 1.73. The summed E-state index contributed by atoms with van der Waals surface area (Å²) in [6.07, 6.45) is -3.68. The van der Waals surface area contributed by atoms with E-state index in [1.54, 1.807) is 7.05 Å². The Kier molecular flexibility index (Phi) is 6.00. The number of alkyl halides is 3. The van der Waals surface area contributed by atoms with Crippen LogP contribution in [0.25, 0.3) is 0 Å². The fourth-order valence-corrected chi connectivity index (χ4v) is 1.73. The van der Waals surface area contributed by atoms with Crippen molar-refractivity contribution in [1.29, 1.82) is 0 Å². The van der Waals surface area contributed by atoms with E-state index in [0.29, 0.717) is 18.1 Å². The van der Waals surface area contributed by atoms with Crippen LogP contribution in [0.5, 0.6) is 0 Å². The summed E-state index contributed by atoms with van der Waals surface area (Å²) >= 11 is 0. The molecule has 1 aromatic rings. The van der Waals surface area contributed by atoms with Crippen LogP contribution in [0, 0.1) is 0 Å². The highest BCUT2D eigenvalue weighted by molar-refractivity contribution is 5.49. The number of methoxy groups -OCH3 is 1. The minimum atomic E-state index is -4.28. The lowest BCUT2D eigenvalue weighted by molar-refractivity contribution is -0.119. The van der Waals surface area contributed by atoms with Gasteiger partial charge in [0.2, 0.25) is 0 Å². The zero-order valence-electron chi connectivity index (χ0n) is 11.8. The Morgan fingerprint density at radius 1 is 1.35 bits per heavy atom. The first kappa shape index (κ1) is 16.5. The molecule has 0 bridgehead atoms. The van der Waals surface area contributed by atoms with Crippen molar-refractivity contribution in [1.82, 2.24) is 9.97 Å². The zero-order chi connectivity index (χ0) is 15.2. The summed E-state index contributed by atoms with van der Waals surface area (Å²) in [6.45, 7) is 1.20. The Bertz CT molecular complexity index is 426. The molecule has 0 unspecified atom stereocenters. The van der Waals surface area contributed by atoms with Crippen LogP contribution in [0.3, 0.4) is 0 Å². The van der Waals surface area contributed by atoms with E-state index in [1.807, 2.05) is 6.92 Å². The summed E-state index contributed by atoms with van der Waals surface area (Å²) in [6, 6.07) is 1.50. The molecule has 0 amide bonds. The van der Waals surface area contributed by atoms with Gasteiger partial charge in [-0.25, -0.2) is 9.97 Å². The maximum atomic E-state index is 12.6. The van der Waals surface area contributed by atoms with Crippen molar-refractivity contribution in [2.24, 2.45) is 0 Å². The van der Waals surface area contributed by atoms with Gasteiger partial charge in [0.25, 0.3) is 0 Å². The largest absolute Gasteiger partial charge is 0.405 e. The molecule has 1 aromatic heterocycles. The average molecular weight is 292 g/mol. The molecule has 5 nitrogen and oxygen atoms in total. The van der Waals surface area contributed by atoms with Gasteiger partial charge in [-0.05, 0) is 6.42 Å². The summed E-state index contributed by atoms with van der Waals surface area (Å²) in [5, 5.41) is 2.81. The van der Waals surface area contributed by atoms with Gasteiger partial charge in [-0.15, -0.1) is 0 Å². The number of nitrogens with one attached hydrogen (secondary N) is 1. The van der Waals surface area contributed by atoms with Gasteiger partial charge < -0.3 is 15.0 Å². The minimum absolute atomic E-state index is 0.147. The van der Waals surface area contributed by atoms with Crippen LogP contribution in [0.4, 0.5) is 24.8 Å². The number of ether oxygens (including phenoxy) is 1. The minimum Gasteiger partial charge on any atom is -0.377 e. The first-order valence-electron chi connectivity index (χ1n) is 6.26. The van der Waals surface area contributed by atoms with Crippen LogP contribution in [0.15, 0.2) is 6.07 Å². The molecule has 20 heavy (non-hydrogen) atoms. The van der Waals surface area contributed by atoms with Crippen molar-refractivity contribution in [3.63, 3.8) is 0 Å². The second-order valence-corrected chi connectivity index (χ2v) is 4.25. The lowest BCUT2D eigenvalue weighted by atomic mass is 10.3. The Balaban J connectivity index is 3.07. The van der Waals surface area contributed by atoms with Gasteiger partial charge >= 0.3 is 6.18 Å². The van der Waals surface area contributed by atoms with Crippen molar-refractivity contribution in [2.75, 3.05) is 37.5 Å². The first-order chi connectivity index (χ1) is 9.39. The van der Waals surface area contributed by atoms with Crippen molar-refractivity contribution in [2.45, 2.75) is 26.1 Å². The second-order valence-electron chi connectivity index (χ2n) is 4.25. The van der Waals surface area contributed by atoms with Crippen molar-refractivity contribution < 1.29 is 17.9 Å². The van der Waals surface area contributed by atoms with E-state index in [0.717, 1.165) is 0 Å². The number of aromatic nitrogens is 2. The molecule has 1 rings (SSSR count). The molecule has 0 aromatic carbocycles. The first-order valence-corrected chi connectivity index (χ1v) is 6.26.